The first-order chi connectivity index (χ1) is 20.2. The molecule has 0 spiro atoms. The Morgan fingerprint density at radius 3 is 2.56 bits per heavy atom. The fourth-order valence-corrected chi connectivity index (χ4v) is 5.60. The first-order valence-electron chi connectivity index (χ1n) is 13.7. The molecule has 2 heterocycles. The van der Waals surface area contributed by atoms with Crippen LogP contribution in [0, 0.1) is 5.41 Å². The normalized spacial score (nSPS) is 22.5. The van der Waals surface area contributed by atoms with E-state index in [1.807, 2.05) is 6.92 Å². The highest BCUT2D eigenvalue weighted by Gasteiger charge is 2.48. The number of aliphatic carboxylic acids is 1. The van der Waals surface area contributed by atoms with Crippen LogP contribution in [0.25, 0.3) is 0 Å². The van der Waals surface area contributed by atoms with E-state index in [9.17, 15) is 39.1 Å². The van der Waals surface area contributed by atoms with Crippen LogP contribution in [0.5, 0.6) is 0 Å². The number of allylic oxidation sites excluding steroid dienone is 1. The summed E-state index contributed by atoms with van der Waals surface area (Å²) in [5.74, 6) is -4.64. The molecule has 0 bridgehead atoms. The van der Waals surface area contributed by atoms with Crippen LogP contribution in [-0.2, 0) is 35.1 Å². The highest BCUT2D eigenvalue weighted by molar-refractivity contribution is 6.61. The number of primary amides is 1. The number of nitrogens with zero attached hydrogens (tertiary/aromatic N) is 1. The summed E-state index contributed by atoms with van der Waals surface area (Å²) >= 11 is 0. The van der Waals surface area contributed by atoms with E-state index >= 15 is 0 Å². The highest BCUT2D eigenvalue weighted by Crippen LogP contribution is 2.46. The van der Waals surface area contributed by atoms with Crippen molar-refractivity contribution in [3.8, 4) is 0 Å². The summed E-state index contributed by atoms with van der Waals surface area (Å²) < 4.78 is 10.5. The Balaban J connectivity index is 1.59. The Bertz CT molecular complexity index is 1370. The summed E-state index contributed by atoms with van der Waals surface area (Å²) in [6, 6.07) is 1.01. The molecule has 3 aliphatic rings. The lowest BCUT2D eigenvalue weighted by Crippen LogP contribution is -2.59. The average molecular weight is 596 g/mol. The summed E-state index contributed by atoms with van der Waals surface area (Å²) in [7, 11) is -0.962. The predicted octanol–water partition coefficient (Wildman–Crippen LogP) is -1.93. The Labute approximate surface area is 248 Å². The zero-order valence-corrected chi connectivity index (χ0v) is 24.0. The van der Waals surface area contributed by atoms with E-state index in [0.717, 1.165) is 4.90 Å². The summed E-state index contributed by atoms with van der Waals surface area (Å²) in [4.78, 5) is 64.6. The Morgan fingerprint density at radius 1 is 1.16 bits per heavy atom. The first-order valence-corrected chi connectivity index (χ1v) is 13.7. The quantitative estimate of drug-likeness (QED) is 0.156. The van der Waals surface area contributed by atoms with E-state index in [4.69, 9.17) is 15.0 Å². The van der Waals surface area contributed by atoms with Crippen molar-refractivity contribution in [3.63, 3.8) is 0 Å². The van der Waals surface area contributed by atoms with E-state index in [0.29, 0.717) is 11.0 Å². The minimum atomic E-state index is -1.38. The van der Waals surface area contributed by atoms with Crippen molar-refractivity contribution in [1.82, 2.24) is 15.5 Å². The standard InChI is InChI=1S/C27H34B2N4O10/c1-14(31-24(37)15-6-7-27(2)13-43-29(41)20(27)9-15)23(25(38)32-18(10-21(30)34)11-22(35)36)33(3)26(39)16-4-5-17-12-42-28(40)19(17)8-16/h4-9,14,18,20,23,40-41H,10-13H2,1-3H3,(H2,30,34)(H,31,37)(H,32,38)(H,35,36)/t14-,18+,20?,23-,27?/m0/s1. The number of amides is 4. The number of nitrogens with two attached hydrogens (primary N) is 1. The van der Waals surface area contributed by atoms with E-state index in [2.05, 4.69) is 10.6 Å². The molecule has 0 aromatic heterocycles. The van der Waals surface area contributed by atoms with Crippen LogP contribution in [0.2, 0.25) is 5.82 Å². The monoisotopic (exact) mass is 596 g/mol. The van der Waals surface area contributed by atoms with Crippen molar-refractivity contribution < 1.29 is 48.4 Å². The number of carbonyl (C=O) groups is 5. The van der Waals surface area contributed by atoms with Gasteiger partial charge >= 0.3 is 20.2 Å². The minimum absolute atomic E-state index is 0.133. The average Bonchev–Trinajstić information content (AvgIpc) is 3.45. The zero-order valence-electron chi connectivity index (χ0n) is 24.0. The van der Waals surface area contributed by atoms with E-state index < -0.39 is 86.0 Å². The number of hydrogen-bond acceptors (Lipinski definition) is 9. The van der Waals surface area contributed by atoms with Crippen molar-refractivity contribution in [2.75, 3.05) is 13.7 Å². The van der Waals surface area contributed by atoms with Gasteiger partial charge in [0, 0.05) is 48.5 Å². The molecule has 4 rings (SSSR count). The van der Waals surface area contributed by atoms with Gasteiger partial charge in [-0.15, -0.1) is 0 Å². The molecule has 1 aromatic carbocycles. The smallest absolute Gasteiger partial charge is 0.481 e. The fourth-order valence-electron chi connectivity index (χ4n) is 5.60. The van der Waals surface area contributed by atoms with Gasteiger partial charge < -0.3 is 45.7 Å². The fraction of sp³-hybridized carbons (Fsp3) is 0.444. The zero-order chi connectivity index (χ0) is 31.6. The van der Waals surface area contributed by atoms with Gasteiger partial charge in [0.25, 0.3) is 11.8 Å². The number of rotatable bonds is 11. The van der Waals surface area contributed by atoms with Gasteiger partial charge in [-0.25, -0.2) is 0 Å². The summed E-state index contributed by atoms with van der Waals surface area (Å²) in [5, 5.41) is 34.8. The van der Waals surface area contributed by atoms with Crippen molar-refractivity contribution in [1.29, 1.82) is 0 Å². The number of carboxylic acids is 1. The minimum Gasteiger partial charge on any atom is -0.481 e. The second kappa shape index (κ2) is 12.7. The van der Waals surface area contributed by atoms with Crippen molar-refractivity contribution >= 4 is 49.3 Å². The number of carbonyl (C=O) groups excluding carboxylic acids is 4. The Hall–Kier alpha value is -3.98. The number of carboxylic acid groups (broad SMARTS) is 1. The molecule has 1 saturated heterocycles. The van der Waals surface area contributed by atoms with Gasteiger partial charge in [-0.2, -0.15) is 0 Å². The van der Waals surface area contributed by atoms with Crippen LogP contribution in [0.3, 0.4) is 0 Å². The summed E-state index contributed by atoms with van der Waals surface area (Å²) in [6.45, 7) is 3.84. The first kappa shape index (κ1) is 31.9. The summed E-state index contributed by atoms with van der Waals surface area (Å²) in [5.41, 5.74) is 6.22. The third-order valence-corrected chi connectivity index (χ3v) is 8.01. The van der Waals surface area contributed by atoms with E-state index in [1.165, 1.54) is 26.1 Å². The molecule has 4 amide bonds. The van der Waals surface area contributed by atoms with Crippen molar-refractivity contribution in [2.24, 2.45) is 11.1 Å². The van der Waals surface area contributed by atoms with Crippen molar-refractivity contribution in [3.05, 3.63) is 53.1 Å². The van der Waals surface area contributed by atoms with Crippen LogP contribution in [0.4, 0.5) is 0 Å². The molecule has 5 atom stereocenters. The molecule has 14 nitrogen and oxygen atoms in total. The molecular weight excluding hydrogens is 562 g/mol. The van der Waals surface area contributed by atoms with Gasteiger partial charge in [0.15, 0.2) is 0 Å². The molecule has 1 aromatic rings. The second-order valence-electron chi connectivity index (χ2n) is 11.4. The molecule has 1 aliphatic carbocycles. The maximum atomic E-state index is 13.6. The van der Waals surface area contributed by atoms with Crippen LogP contribution >= 0.6 is 0 Å². The van der Waals surface area contributed by atoms with Gasteiger partial charge in [0.2, 0.25) is 11.8 Å². The van der Waals surface area contributed by atoms with E-state index in [1.54, 1.807) is 24.3 Å². The molecule has 0 saturated carbocycles. The molecular formula is C27H34B2N4O10. The third kappa shape index (κ3) is 6.99. The van der Waals surface area contributed by atoms with Gasteiger partial charge in [-0.3, -0.25) is 24.0 Å². The summed E-state index contributed by atoms with van der Waals surface area (Å²) in [6.07, 6.45) is 3.90. The second-order valence-corrected chi connectivity index (χ2v) is 11.4. The molecule has 2 aliphatic heterocycles. The molecule has 0 radical (unpaired) electrons. The maximum absolute atomic E-state index is 13.6. The number of benzene rings is 1. The topological polar surface area (TPSA) is 218 Å². The van der Waals surface area contributed by atoms with Gasteiger partial charge in [-0.1, -0.05) is 31.2 Å². The predicted molar refractivity (Wildman–Crippen MR) is 153 cm³/mol. The van der Waals surface area contributed by atoms with Crippen LogP contribution in [0.15, 0.2) is 42.0 Å². The molecule has 1 fully saturated rings. The largest absolute Gasteiger partial charge is 0.491 e. The molecule has 43 heavy (non-hydrogen) atoms. The lowest BCUT2D eigenvalue weighted by molar-refractivity contribution is -0.138. The van der Waals surface area contributed by atoms with Gasteiger partial charge in [0.05, 0.1) is 19.1 Å². The van der Waals surface area contributed by atoms with Crippen molar-refractivity contribution in [2.45, 2.75) is 57.2 Å². The number of likely N-dealkylation sites (N-methyl/N-ethyl adjacent to an activating group) is 1. The number of hydrogen-bond donors (Lipinski definition) is 6. The third-order valence-electron chi connectivity index (χ3n) is 8.01. The van der Waals surface area contributed by atoms with Crippen LogP contribution in [0.1, 0.15) is 42.6 Å². The lowest BCUT2D eigenvalue weighted by Gasteiger charge is -2.34. The maximum Gasteiger partial charge on any atom is 0.491 e. The Kier molecular flexibility index (Phi) is 9.44. The van der Waals surface area contributed by atoms with Crippen LogP contribution in [-0.4, -0.2) is 95.7 Å². The SMILES string of the molecule is C[C@H](NC(=O)C1=CC2B(O)OCC2(C)C=C1)[C@@H](C(=O)N[C@H](CC(N)=O)CC(=O)O)N(C)C(=O)c1ccc2c(c1)B(O)OC2. The number of nitrogens with one attached hydrogen (secondary N) is 2. The molecule has 7 N–H and O–H groups in total. The molecule has 16 heteroatoms. The molecule has 228 valence electrons. The highest BCUT2D eigenvalue weighted by atomic mass is 16.5. The number of fused-ring (bicyclic) bond motifs is 2. The van der Waals surface area contributed by atoms with E-state index in [-0.39, 0.29) is 24.4 Å². The lowest BCUT2D eigenvalue weighted by atomic mass is 9.59. The Morgan fingerprint density at radius 2 is 1.88 bits per heavy atom. The van der Waals surface area contributed by atoms with Gasteiger partial charge in [-0.05, 0) is 30.1 Å². The molecule has 2 unspecified atom stereocenters. The van der Waals surface area contributed by atoms with Gasteiger partial charge in [0.1, 0.15) is 6.04 Å². The van der Waals surface area contributed by atoms with Crippen LogP contribution < -0.4 is 21.8 Å².